The molecule has 1 N–H and O–H groups in total. The van der Waals surface area contributed by atoms with Crippen molar-refractivity contribution in [3.63, 3.8) is 0 Å². The second-order valence-corrected chi connectivity index (χ2v) is 9.23. The number of para-hydroxylation sites is 1. The molecule has 6 nitrogen and oxygen atoms in total. The van der Waals surface area contributed by atoms with Gasteiger partial charge in [-0.05, 0) is 55.9 Å². The van der Waals surface area contributed by atoms with E-state index in [1.807, 2.05) is 18.2 Å². The van der Waals surface area contributed by atoms with Crippen molar-refractivity contribution in [1.29, 1.82) is 0 Å². The maximum atomic E-state index is 13.4. The van der Waals surface area contributed by atoms with Crippen molar-refractivity contribution in [2.24, 2.45) is 10.9 Å². The summed E-state index contributed by atoms with van der Waals surface area (Å²) in [5, 5.41) is 0. The molecule has 146 valence electrons. The van der Waals surface area contributed by atoms with Crippen molar-refractivity contribution < 1.29 is 13.2 Å². The third kappa shape index (κ3) is 3.30. The molecule has 2 aliphatic rings. The highest BCUT2D eigenvalue weighted by Crippen LogP contribution is 2.40. The molecular weight excluding hydrogens is 374 g/mol. The first-order valence-corrected chi connectivity index (χ1v) is 11.0. The Bertz CT molecular complexity index is 996. The Hall–Kier alpha value is -2.67. The molecule has 2 aromatic rings. The van der Waals surface area contributed by atoms with E-state index >= 15 is 0 Å². The van der Waals surface area contributed by atoms with E-state index in [4.69, 9.17) is 0 Å². The van der Waals surface area contributed by atoms with Crippen LogP contribution < -0.4 is 9.62 Å². The molecule has 2 aromatic carbocycles. The first kappa shape index (κ1) is 18.7. The lowest BCUT2D eigenvalue weighted by Gasteiger charge is -2.32. The number of carbonyl (C=O) groups is 1. The number of sulfonamides is 1. The Morgan fingerprint density at radius 3 is 2.18 bits per heavy atom. The summed E-state index contributed by atoms with van der Waals surface area (Å²) in [5.41, 5.74) is -0.269. The third-order valence-corrected chi connectivity index (χ3v) is 6.87. The number of guanidine groups is 1. The van der Waals surface area contributed by atoms with Gasteiger partial charge in [0.15, 0.2) is 0 Å². The fourth-order valence-electron chi connectivity index (χ4n) is 3.83. The number of aliphatic imine (C=N–C) groups is 1. The number of nitrogens with zero attached hydrogens (tertiary/aromatic N) is 2. The van der Waals surface area contributed by atoms with E-state index in [0.29, 0.717) is 24.4 Å². The van der Waals surface area contributed by atoms with Gasteiger partial charge in [0.1, 0.15) is 5.54 Å². The van der Waals surface area contributed by atoms with E-state index in [-0.39, 0.29) is 16.8 Å². The van der Waals surface area contributed by atoms with Crippen LogP contribution in [0.2, 0.25) is 0 Å². The maximum absolute atomic E-state index is 13.4. The second-order valence-electron chi connectivity index (χ2n) is 7.54. The fourth-order valence-corrected chi connectivity index (χ4v) is 4.84. The Kier molecular flexibility index (Phi) is 4.71. The number of rotatable bonds is 3. The van der Waals surface area contributed by atoms with Gasteiger partial charge >= 0.3 is 0 Å². The molecular formula is C21H23N3O3S. The second kappa shape index (κ2) is 7.05. The molecule has 0 radical (unpaired) electrons. The number of hydrogen-bond donors (Lipinski definition) is 1. The van der Waals surface area contributed by atoms with Gasteiger partial charge in [0.05, 0.1) is 10.6 Å². The van der Waals surface area contributed by atoms with Crippen LogP contribution >= 0.6 is 0 Å². The van der Waals surface area contributed by atoms with Crippen LogP contribution in [0.1, 0.15) is 32.6 Å². The van der Waals surface area contributed by atoms with Crippen molar-refractivity contribution >= 4 is 27.6 Å². The van der Waals surface area contributed by atoms with Gasteiger partial charge < -0.3 is 0 Å². The maximum Gasteiger partial charge on any atom is 0.264 e. The molecule has 7 heteroatoms. The zero-order valence-corrected chi connectivity index (χ0v) is 16.5. The minimum absolute atomic E-state index is 0.0783. The third-order valence-electron chi connectivity index (χ3n) is 5.53. The number of anilines is 1. The normalized spacial score (nSPS) is 25.0. The Balaban J connectivity index is 1.74. The zero-order chi connectivity index (χ0) is 19.8. The van der Waals surface area contributed by atoms with E-state index in [9.17, 15) is 13.2 Å². The lowest BCUT2D eigenvalue weighted by Crippen LogP contribution is -2.48. The van der Waals surface area contributed by atoms with Crippen molar-refractivity contribution in [2.45, 2.75) is 43.0 Å². The highest BCUT2D eigenvalue weighted by molar-refractivity contribution is 7.90. The molecule has 1 spiro atoms. The molecule has 1 amide bonds. The molecule has 1 heterocycles. The van der Waals surface area contributed by atoms with E-state index in [1.165, 1.54) is 17.0 Å². The van der Waals surface area contributed by atoms with Gasteiger partial charge in [-0.3, -0.25) is 4.79 Å². The van der Waals surface area contributed by atoms with Crippen LogP contribution in [0.4, 0.5) is 5.69 Å². The number of benzene rings is 2. The molecule has 0 aromatic heterocycles. The van der Waals surface area contributed by atoms with E-state index in [2.05, 4.69) is 16.6 Å². The Morgan fingerprint density at radius 1 is 1.00 bits per heavy atom. The van der Waals surface area contributed by atoms with E-state index in [1.54, 1.807) is 30.3 Å². The molecule has 0 saturated heterocycles. The SMILES string of the molecule is CC1CCC2(CC1)N=C(NS(=O)(=O)c1ccccc1)N(c1ccccc1)C2=O. The van der Waals surface area contributed by atoms with Gasteiger partial charge in [-0.15, -0.1) is 0 Å². The number of nitrogens with one attached hydrogen (secondary N) is 1. The molecule has 0 bridgehead atoms. The minimum atomic E-state index is -3.85. The lowest BCUT2D eigenvalue weighted by atomic mass is 9.77. The number of hydrogen-bond acceptors (Lipinski definition) is 4. The topological polar surface area (TPSA) is 78.8 Å². The van der Waals surface area contributed by atoms with Crippen molar-refractivity contribution in [3.05, 3.63) is 60.7 Å². The summed E-state index contributed by atoms with van der Waals surface area (Å²) in [6.07, 6.45) is 3.06. The predicted molar refractivity (Wildman–Crippen MR) is 108 cm³/mol. The molecule has 1 aliphatic heterocycles. The van der Waals surface area contributed by atoms with Crippen LogP contribution in [0, 0.1) is 5.92 Å². The zero-order valence-electron chi connectivity index (χ0n) is 15.7. The van der Waals surface area contributed by atoms with Gasteiger partial charge in [0.2, 0.25) is 5.96 Å². The van der Waals surface area contributed by atoms with Crippen LogP contribution in [0.3, 0.4) is 0 Å². The smallest absolute Gasteiger partial charge is 0.264 e. The number of carbonyl (C=O) groups excluding carboxylic acids is 1. The van der Waals surface area contributed by atoms with Crippen LogP contribution in [0.15, 0.2) is 70.6 Å². The predicted octanol–water partition coefficient (Wildman–Crippen LogP) is 3.32. The summed E-state index contributed by atoms with van der Waals surface area (Å²) < 4.78 is 28.3. The molecule has 0 unspecified atom stereocenters. The minimum Gasteiger partial charge on any atom is -0.271 e. The summed E-state index contributed by atoms with van der Waals surface area (Å²) in [6.45, 7) is 2.17. The Morgan fingerprint density at radius 2 is 1.57 bits per heavy atom. The summed E-state index contributed by atoms with van der Waals surface area (Å²) in [6, 6.07) is 17.2. The summed E-state index contributed by atoms with van der Waals surface area (Å²) in [7, 11) is -3.85. The standard InChI is InChI=1S/C21H23N3O3S/c1-16-12-14-21(15-13-16)19(25)24(17-8-4-2-5-9-17)20(22-21)23-28(26,27)18-10-6-3-7-11-18/h2-11,16H,12-15H2,1H3,(H,22,23). The molecule has 4 rings (SSSR count). The average Bonchev–Trinajstić information content (AvgIpc) is 2.96. The monoisotopic (exact) mass is 397 g/mol. The first-order valence-electron chi connectivity index (χ1n) is 9.49. The average molecular weight is 398 g/mol. The highest BCUT2D eigenvalue weighted by atomic mass is 32.2. The number of amides is 1. The van der Waals surface area contributed by atoms with E-state index in [0.717, 1.165) is 12.8 Å². The molecule has 1 saturated carbocycles. The molecule has 1 fully saturated rings. The van der Waals surface area contributed by atoms with Crippen LogP contribution in [0.5, 0.6) is 0 Å². The van der Waals surface area contributed by atoms with Gasteiger partial charge in [0, 0.05) is 0 Å². The first-order chi connectivity index (χ1) is 13.4. The van der Waals surface area contributed by atoms with Gasteiger partial charge in [-0.1, -0.05) is 43.3 Å². The fraction of sp³-hybridized carbons (Fsp3) is 0.333. The van der Waals surface area contributed by atoms with Gasteiger partial charge in [0.25, 0.3) is 15.9 Å². The van der Waals surface area contributed by atoms with Crippen molar-refractivity contribution in [3.8, 4) is 0 Å². The Labute approximate surface area is 165 Å². The molecule has 1 aliphatic carbocycles. The quantitative estimate of drug-likeness (QED) is 0.863. The highest BCUT2D eigenvalue weighted by Gasteiger charge is 2.50. The van der Waals surface area contributed by atoms with Crippen molar-refractivity contribution in [2.75, 3.05) is 4.90 Å². The largest absolute Gasteiger partial charge is 0.271 e. The van der Waals surface area contributed by atoms with Gasteiger partial charge in [-0.25, -0.2) is 23.0 Å². The summed E-state index contributed by atoms with van der Waals surface area (Å²) in [4.78, 5) is 19.6. The van der Waals surface area contributed by atoms with Crippen molar-refractivity contribution in [1.82, 2.24) is 4.72 Å². The van der Waals surface area contributed by atoms with Crippen LogP contribution in [0.25, 0.3) is 0 Å². The summed E-state index contributed by atoms with van der Waals surface area (Å²) >= 11 is 0. The van der Waals surface area contributed by atoms with Crippen LogP contribution in [-0.4, -0.2) is 25.8 Å². The van der Waals surface area contributed by atoms with Gasteiger partial charge in [-0.2, -0.15) is 0 Å². The lowest BCUT2D eigenvalue weighted by molar-refractivity contribution is -0.123. The molecule has 28 heavy (non-hydrogen) atoms. The molecule has 0 atom stereocenters. The van der Waals surface area contributed by atoms with E-state index < -0.39 is 15.6 Å². The van der Waals surface area contributed by atoms with Crippen LogP contribution in [-0.2, 0) is 14.8 Å². The summed E-state index contributed by atoms with van der Waals surface area (Å²) in [5.74, 6) is 0.467.